The largest absolute Gasteiger partial charge is 0.466 e. The molecular weight excluding hydrogens is 232 g/mol. The van der Waals surface area contributed by atoms with Gasteiger partial charge in [-0.2, -0.15) is 0 Å². The summed E-state index contributed by atoms with van der Waals surface area (Å²) in [6, 6.07) is 9.81. The standard InChI is InChI=1S/C13H14N2O3/c1-2-17-13(16)9-12-15-14-11(18-12)8-10-6-4-3-5-7-10/h3-7H,2,8-9H2,1H3. The van der Waals surface area contributed by atoms with Crippen LogP contribution in [0.1, 0.15) is 24.3 Å². The Kier molecular flexibility index (Phi) is 4.06. The van der Waals surface area contributed by atoms with E-state index in [0.717, 1.165) is 5.56 Å². The molecule has 0 N–H and O–H groups in total. The smallest absolute Gasteiger partial charge is 0.315 e. The van der Waals surface area contributed by atoms with Crippen LogP contribution in [-0.4, -0.2) is 22.8 Å². The molecule has 18 heavy (non-hydrogen) atoms. The minimum absolute atomic E-state index is 0.0234. The molecule has 0 radical (unpaired) electrons. The highest BCUT2D eigenvalue weighted by Crippen LogP contribution is 2.08. The Bertz CT molecular complexity index is 508. The summed E-state index contributed by atoms with van der Waals surface area (Å²) >= 11 is 0. The van der Waals surface area contributed by atoms with Crippen LogP contribution in [0, 0.1) is 0 Å². The number of aromatic nitrogens is 2. The van der Waals surface area contributed by atoms with Gasteiger partial charge in [-0.15, -0.1) is 10.2 Å². The van der Waals surface area contributed by atoms with Crippen LogP contribution in [0.15, 0.2) is 34.7 Å². The fraction of sp³-hybridized carbons (Fsp3) is 0.308. The molecule has 0 unspecified atom stereocenters. The first-order valence-corrected chi connectivity index (χ1v) is 5.78. The fourth-order valence-corrected chi connectivity index (χ4v) is 1.54. The van der Waals surface area contributed by atoms with Gasteiger partial charge < -0.3 is 9.15 Å². The lowest BCUT2D eigenvalue weighted by atomic mass is 10.2. The fourth-order valence-electron chi connectivity index (χ4n) is 1.54. The zero-order valence-electron chi connectivity index (χ0n) is 10.1. The SMILES string of the molecule is CCOC(=O)Cc1nnc(Cc2ccccc2)o1. The number of rotatable bonds is 5. The Hall–Kier alpha value is -2.17. The Labute approximate surface area is 105 Å². The summed E-state index contributed by atoms with van der Waals surface area (Å²) in [5.74, 6) is 0.437. The monoisotopic (exact) mass is 246 g/mol. The number of carbonyl (C=O) groups excluding carboxylic acids is 1. The molecule has 0 amide bonds. The molecule has 5 nitrogen and oxygen atoms in total. The number of hydrogen-bond acceptors (Lipinski definition) is 5. The number of ether oxygens (including phenoxy) is 1. The number of carbonyl (C=O) groups is 1. The number of nitrogens with zero attached hydrogens (tertiary/aromatic N) is 2. The Balaban J connectivity index is 1.96. The van der Waals surface area contributed by atoms with Gasteiger partial charge in [0, 0.05) is 0 Å². The summed E-state index contributed by atoms with van der Waals surface area (Å²) < 4.78 is 10.2. The maximum absolute atomic E-state index is 11.2. The molecule has 1 aromatic carbocycles. The van der Waals surface area contributed by atoms with Crippen molar-refractivity contribution in [1.82, 2.24) is 10.2 Å². The second-order valence-corrected chi connectivity index (χ2v) is 3.73. The summed E-state index contributed by atoms with van der Waals surface area (Å²) in [7, 11) is 0. The summed E-state index contributed by atoms with van der Waals surface area (Å²) in [6.45, 7) is 2.11. The van der Waals surface area contributed by atoms with Crippen LogP contribution in [0.3, 0.4) is 0 Å². The van der Waals surface area contributed by atoms with Crippen molar-refractivity contribution in [3.05, 3.63) is 47.7 Å². The number of hydrogen-bond donors (Lipinski definition) is 0. The van der Waals surface area contributed by atoms with Crippen molar-refractivity contribution in [2.24, 2.45) is 0 Å². The molecule has 2 aromatic rings. The molecule has 94 valence electrons. The molecule has 2 rings (SSSR count). The van der Waals surface area contributed by atoms with E-state index in [4.69, 9.17) is 9.15 Å². The van der Waals surface area contributed by atoms with Gasteiger partial charge in [0.25, 0.3) is 0 Å². The molecule has 0 aliphatic rings. The van der Waals surface area contributed by atoms with Gasteiger partial charge in [0.15, 0.2) is 0 Å². The van der Waals surface area contributed by atoms with E-state index in [1.54, 1.807) is 6.92 Å². The van der Waals surface area contributed by atoms with Gasteiger partial charge in [-0.05, 0) is 12.5 Å². The first kappa shape index (κ1) is 12.3. The minimum atomic E-state index is -0.354. The van der Waals surface area contributed by atoms with Crippen LogP contribution < -0.4 is 0 Å². The second kappa shape index (κ2) is 5.95. The van der Waals surface area contributed by atoms with Gasteiger partial charge in [-0.25, -0.2) is 0 Å². The van der Waals surface area contributed by atoms with Gasteiger partial charge >= 0.3 is 5.97 Å². The zero-order chi connectivity index (χ0) is 12.8. The van der Waals surface area contributed by atoms with Crippen LogP contribution >= 0.6 is 0 Å². The molecule has 0 saturated carbocycles. The maximum Gasteiger partial charge on any atom is 0.315 e. The number of benzene rings is 1. The zero-order valence-corrected chi connectivity index (χ0v) is 10.1. The van der Waals surface area contributed by atoms with E-state index in [2.05, 4.69) is 10.2 Å². The lowest BCUT2D eigenvalue weighted by Crippen LogP contribution is -2.07. The van der Waals surface area contributed by atoms with Crippen LogP contribution in [0.2, 0.25) is 0 Å². The van der Waals surface area contributed by atoms with Gasteiger partial charge in [0.2, 0.25) is 11.8 Å². The predicted octanol–water partition coefficient (Wildman–Crippen LogP) is 1.77. The van der Waals surface area contributed by atoms with Crippen LogP contribution in [-0.2, 0) is 22.4 Å². The molecule has 0 aliphatic carbocycles. The topological polar surface area (TPSA) is 65.2 Å². The highest BCUT2D eigenvalue weighted by molar-refractivity contribution is 5.71. The highest BCUT2D eigenvalue weighted by atomic mass is 16.5. The third-order valence-corrected chi connectivity index (χ3v) is 2.31. The van der Waals surface area contributed by atoms with Crippen molar-refractivity contribution in [3.8, 4) is 0 Å². The molecule has 5 heteroatoms. The summed E-state index contributed by atoms with van der Waals surface area (Å²) in [5, 5.41) is 7.72. The predicted molar refractivity (Wildman–Crippen MR) is 63.9 cm³/mol. The molecule has 1 heterocycles. The van der Waals surface area contributed by atoms with Crippen LogP contribution in [0.4, 0.5) is 0 Å². The molecule has 0 aliphatic heterocycles. The first-order chi connectivity index (χ1) is 8.78. The molecule has 0 saturated heterocycles. The highest BCUT2D eigenvalue weighted by Gasteiger charge is 2.11. The van der Waals surface area contributed by atoms with Crippen molar-refractivity contribution < 1.29 is 13.9 Å². The number of esters is 1. The van der Waals surface area contributed by atoms with E-state index in [-0.39, 0.29) is 12.4 Å². The van der Waals surface area contributed by atoms with Crippen LogP contribution in [0.5, 0.6) is 0 Å². The van der Waals surface area contributed by atoms with Gasteiger partial charge in [-0.1, -0.05) is 30.3 Å². The van der Waals surface area contributed by atoms with Crippen molar-refractivity contribution in [3.63, 3.8) is 0 Å². The molecule has 1 aromatic heterocycles. The Morgan fingerprint density at radius 2 is 1.94 bits per heavy atom. The molecular formula is C13H14N2O3. The van der Waals surface area contributed by atoms with Crippen molar-refractivity contribution in [2.45, 2.75) is 19.8 Å². The lowest BCUT2D eigenvalue weighted by Gasteiger charge is -1.97. The van der Waals surface area contributed by atoms with E-state index in [9.17, 15) is 4.79 Å². The minimum Gasteiger partial charge on any atom is -0.466 e. The molecule has 0 spiro atoms. The Morgan fingerprint density at radius 3 is 2.67 bits per heavy atom. The van der Waals surface area contributed by atoms with Gasteiger partial charge in [-0.3, -0.25) is 4.79 Å². The Morgan fingerprint density at radius 1 is 1.22 bits per heavy atom. The van der Waals surface area contributed by atoms with Crippen molar-refractivity contribution in [1.29, 1.82) is 0 Å². The third kappa shape index (κ3) is 3.41. The van der Waals surface area contributed by atoms with E-state index < -0.39 is 0 Å². The van der Waals surface area contributed by atoms with E-state index in [1.807, 2.05) is 30.3 Å². The van der Waals surface area contributed by atoms with Gasteiger partial charge in [0.1, 0.15) is 6.42 Å². The average molecular weight is 246 g/mol. The molecule has 0 atom stereocenters. The first-order valence-electron chi connectivity index (χ1n) is 5.78. The summed E-state index contributed by atoms with van der Waals surface area (Å²) in [4.78, 5) is 11.2. The van der Waals surface area contributed by atoms with Gasteiger partial charge in [0.05, 0.1) is 13.0 Å². The lowest BCUT2D eigenvalue weighted by molar-refractivity contribution is -0.142. The normalized spacial score (nSPS) is 10.3. The van der Waals surface area contributed by atoms with E-state index in [0.29, 0.717) is 24.8 Å². The molecule has 0 fully saturated rings. The second-order valence-electron chi connectivity index (χ2n) is 3.73. The van der Waals surface area contributed by atoms with E-state index >= 15 is 0 Å². The quantitative estimate of drug-likeness (QED) is 0.752. The average Bonchev–Trinajstić information content (AvgIpc) is 2.78. The summed E-state index contributed by atoms with van der Waals surface area (Å²) in [6.07, 6.45) is 0.590. The van der Waals surface area contributed by atoms with E-state index in [1.165, 1.54) is 0 Å². The molecule has 0 bridgehead atoms. The van der Waals surface area contributed by atoms with Crippen molar-refractivity contribution in [2.75, 3.05) is 6.61 Å². The third-order valence-electron chi connectivity index (χ3n) is 2.31. The van der Waals surface area contributed by atoms with Crippen molar-refractivity contribution >= 4 is 5.97 Å². The maximum atomic E-state index is 11.2. The van der Waals surface area contributed by atoms with Crippen LogP contribution in [0.25, 0.3) is 0 Å². The summed E-state index contributed by atoms with van der Waals surface area (Å²) in [5.41, 5.74) is 1.09.